The zero-order valence-electron chi connectivity index (χ0n) is 12.5. The second kappa shape index (κ2) is 9.12. The topological polar surface area (TPSA) is 50.4 Å². The minimum Gasteiger partial charge on any atom is -0.336 e. The van der Waals surface area contributed by atoms with Crippen LogP contribution < -0.4 is 10.8 Å². The highest BCUT2D eigenvalue weighted by Crippen LogP contribution is 2.17. The molecule has 0 aliphatic heterocycles. The van der Waals surface area contributed by atoms with Gasteiger partial charge in [-0.3, -0.25) is 4.84 Å². The first-order valence-corrected chi connectivity index (χ1v) is 8.11. The molecule has 0 atom stereocenters. The average molecular weight is 316 g/mol. The molecule has 2 rings (SSSR count). The number of hydrogen-bond donors (Lipinski definition) is 2. The molecule has 116 valence electrons. The fourth-order valence-electron chi connectivity index (χ4n) is 1.76. The van der Waals surface area contributed by atoms with Crippen LogP contribution in [-0.2, 0) is 11.4 Å². The molecule has 5 heteroatoms. The van der Waals surface area contributed by atoms with Crippen molar-refractivity contribution in [2.75, 3.05) is 12.3 Å². The second-order valence-corrected chi connectivity index (χ2v) is 5.96. The fraction of sp³-hybridized carbons (Fsp3) is 0.235. The molecule has 2 aromatic rings. The SMILES string of the molecule is Cc1ccc(SCCNC(=O)NOCc2ccccc2)cc1. The summed E-state index contributed by atoms with van der Waals surface area (Å²) < 4.78 is 0. The van der Waals surface area contributed by atoms with Crippen LogP contribution in [0.4, 0.5) is 4.79 Å². The summed E-state index contributed by atoms with van der Waals surface area (Å²) in [4.78, 5) is 17.9. The van der Waals surface area contributed by atoms with Crippen molar-refractivity contribution >= 4 is 17.8 Å². The lowest BCUT2D eigenvalue weighted by Gasteiger charge is -2.08. The molecule has 0 radical (unpaired) electrons. The number of rotatable bonds is 7. The van der Waals surface area contributed by atoms with Crippen molar-refractivity contribution in [2.45, 2.75) is 18.4 Å². The fourth-order valence-corrected chi connectivity index (χ4v) is 2.53. The number of benzene rings is 2. The zero-order valence-corrected chi connectivity index (χ0v) is 13.4. The molecule has 2 amide bonds. The first-order valence-electron chi connectivity index (χ1n) is 7.13. The first kappa shape index (κ1) is 16.4. The van der Waals surface area contributed by atoms with E-state index in [0.717, 1.165) is 11.3 Å². The zero-order chi connectivity index (χ0) is 15.6. The molecule has 0 unspecified atom stereocenters. The van der Waals surface area contributed by atoms with Crippen molar-refractivity contribution < 1.29 is 9.63 Å². The molecular weight excluding hydrogens is 296 g/mol. The molecule has 0 saturated heterocycles. The number of carbonyl (C=O) groups excluding carboxylic acids is 1. The van der Waals surface area contributed by atoms with Crippen molar-refractivity contribution in [3.8, 4) is 0 Å². The molecule has 0 spiro atoms. The number of nitrogens with one attached hydrogen (secondary N) is 2. The number of thioether (sulfide) groups is 1. The quantitative estimate of drug-likeness (QED) is 0.467. The molecule has 0 aromatic heterocycles. The molecule has 0 aliphatic rings. The number of urea groups is 1. The van der Waals surface area contributed by atoms with Crippen LogP contribution in [0.15, 0.2) is 59.5 Å². The van der Waals surface area contributed by atoms with Gasteiger partial charge in [0.25, 0.3) is 0 Å². The van der Waals surface area contributed by atoms with Crippen molar-refractivity contribution in [3.63, 3.8) is 0 Å². The molecule has 2 aromatic carbocycles. The summed E-state index contributed by atoms with van der Waals surface area (Å²) in [6, 6.07) is 17.7. The minimum atomic E-state index is -0.319. The predicted octanol–water partition coefficient (Wildman–Crippen LogP) is 3.52. The highest BCUT2D eigenvalue weighted by molar-refractivity contribution is 7.99. The van der Waals surface area contributed by atoms with Gasteiger partial charge in [-0.15, -0.1) is 11.8 Å². The van der Waals surface area contributed by atoms with E-state index < -0.39 is 0 Å². The van der Waals surface area contributed by atoms with Gasteiger partial charge < -0.3 is 5.32 Å². The predicted molar refractivity (Wildman–Crippen MR) is 89.7 cm³/mol. The number of carbonyl (C=O) groups is 1. The maximum Gasteiger partial charge on any atom is 0.338 e. The largest absolute Gasteiger partial charge is 0.338 e. The van der Waals surface area contributed by atoms with Crippen LogP contribution in [0.2, 0.25) is 0 Å². The standard InChI is InChI=1S/C17H20N2O2S/c1-14-7-9-16(10-8-14)22-12-11-18-17(20)19-21-13-15-5-3-2-4-6-15/h2-10H,11-13H2,1H3,(H2,18,19,20). The Balaban J connectivity index is 1.55. The van der Waals surface area contributed by atoms with Crippen molar-refractivity contribution in [1.29, 1.82) is 0 Å². The van der Waals surface area contributed by atoms with Crippen LogP contribution in [0.25, 0.3) is 0 Å². The first-order chi connectivity index (χ1) is 10.7. The van der Waals surface area contributed by atoms with E-state index in [1.165, 1.54) is 10.5 Å². The highest BCUT2D eigenvalue weighted by Gasteiger charge is 2.00. The van der Waals surface area contributed by atoms with Crippen molar-refractivity contribution in [2.24, 2.45) is 0 Å². The second-order valence-electron chi connectivity index (χ2n) is 4.79. The van der Waals surface area contributed by atoms with Crippen LogP contribution >= 0.6 is 11.8 Å². The molecule has 4 nitrogen and oxygen atoms in total. The van der Waals surface area contributed by atoms with E-state index in [1.807, 2.05) is 30.3 Å². The van der Waals surface area contributed by atoms with E-state index in [-0.39, 0.29) is 6.03 Å². The van der Waals surface area contributed by atoms with Gasteiger partial charge in [-0.25, -0.2) is 10.3 Å². The smallest absolute Gasteiger partial charge is 0.336 e. The number of amides is 2. The summed E-state index contributed by atoms with van der Waals surface area (Å²) >= 11 is 1.71. The van der Waals surface area contributed by atoms with Crippen molar-refractivity contribution in [3.05, 3.63) is 65.7 Å². The van der Waals surface area contributed by atoms with E-state index in [2.05, 4.69) is 42.0 Å². The van der Waals surface area contributed by atoms with Gasteiger partial charge in [-0.2, -0.15) is 0 Å². The summed E-state index contributed by atoms with van der Waals surface area (Å²) in [5, 5.41) is 2.75. The Morgan fingerprint density at radius 2 is 1.82 bits per heavy atom. The molecule has 0 bridgehead atoms. The molecule has 0 heterocycles. The third-order valence-electron chi connectivity index (χ3n) is 2.92. The lowest BCUT2D eigenvalue weighted by molar-refractivity contribution is 0.0493. The summed E-state index contributed by atoms with van der Waals surface area (Å²) in [7, 11) is 0. The van der Waals surface area contributed by atoms with Gasteiger partial charge in [-0.1, -0.05) is 48.0 Å². The van der Waals surface area contributed by atoms with Gasteiger partial charge in [0, 0.05) is 17.2 Å². The van der Waals surface area contributed by atoms with E-state index in [4.69, 9.17) is 4.84 Å². The maximum absolute atomic E-state index is 11.5. The van der Waals surface area contributed by atoms with Crippen LogP contribution in [0, 0.1) is 6.92 Å². The number of hydrogen-bond acceptors (Lipinski definition) is 3. The van der Waals surface area contributed by atoms with E-state index in [9.17, 15) is 4.79 Å². The third-order valence-corrected chi connectivity index (χ3v) is 3.94. The van der Waals surface area contributed by atoms with Crippen LogP contribution in [-0.4, -0.2) is 18.3 Å². The number of aryl methyl sites for hydroxylation is 1. The monoisotopic (exact) mass is 316 g/mol. The molecule has 22 heavy (non-hydrogen) atoms. The Bertz CT molecular complexity index is 573. The maximum atomic E-state index is 11.5. The summed E-state index contributed by atoms with van der Waals surface area (Å²) in [6.45, 7) is 3.00. The summed E-state index contributed by atoms with van der Waals surface area (Å²) in [5.74, 6) is 0.815. The molecule has 2 N–H and O–H groups in total. The lowest BCUT2D eigenvalue weighted by atomic mass is 10.2. The van der Waals surface area contributed by atoms with Gasteiger partial charge in [0.05, 0.1) is 6.61 Å². The average Bonchev–Trinajstić information content (AvgIpc) is 2.54. The molecular formula is C17H20N2O2S. The lowest BCUT2D eigenvalue weighted by Crippen LogP contribution is -2.36. The van der Waals surface area contributed by atoms with Gasteiger partial charge >= 0.3 is 6.03 Å². The van der Waals surface area contributed by atoms with E-state index >= 15 is 0 Å². The minimum absolute atomic E-state index is 0.319. The van der Waals surface area contributed by atoms with Gasteiger partial charge in [0.15, 0.2) is 0 Å². The van der Waals surface area contributed by atoms with E-state index in [1.54, 1.807) is 11.8 Å². The third kappa shape index (κ3) is 6.20. The summed E-state index contributed by atoms with van der Waals surface area (Å²) in [6.07, 6.45) is 0. The Kier molecular flexibility index (Phi) is 6.80. The normalized spacial score (nSPS) is 10.2. The molecule has 0 aliphatic carbocycles. The Morgan fingerprint density at radius 1 is 1.09 bits per heavy atom. The Labute approximate surface area is 135 Å². The molecule has 0 fully saturated rings. The van der Waals surface area contributed by atoms with Crippen LogP contribution in [0.1, 0.15) is 11.1 Å². The Hall–Kier alpha value is -1.98. The summed E-state index contributed by atoms with van der Waals surface area (Å²) in [5.41, 5.74) is 4.64. The Morgan fingerprint density at radius 3 is 2.55 bits per heavy atom. The van der Waals surface area contributed by atoms with Gasteiger partial charge in [0.2, 0.25) is 0 Å². The van der Waals surface area contributed by atoms with E-state index in [0.29, 0.717) is 13.2 Å². The van der Waals surface area contributed by atoms with Gasteiger partial charge in [0.1, 0.15) is 0 Å². The molecule has 0 saturated carbocycles. The highest BCUT2D eigenvalue weighted by atomic mass is 32.2. The van der Waals surface area contributed by atoms with Gasteiger partial charge in [-0.05, 0) is 24.6 Å². The number of hydroxylamine groups is 1. The van der Waals surface area contributed by atoms with Crippen LogP contribution in [0.3, 0.4) is 0 Å². The van der Waals surface area contributed by atoms with Crippen LogP contribution in [0.5, 0.6) is 0 Å². The van der Waals surface area contributed by atoms with Crippen molar-refractivity contribution in [1.82, 2.24) is 10.8 Å².